The molecule has 9 nitrogen and oxygen atoms in total. The number of nitrogens with zero attached hydrogens (tertiary/aromatic N) is 4. The van der Waals surface area contributed by atoms with E-state index in [-0.39, 0.29) is 29.8 Å². The summed E-state index contributed by atoms with van der Waals surface area (Å²) < 4.78 is 5.02. The largest absolute Gasteiger partial charge is 0.467 e. The van der Waals surface area contributed by atoms with Gasteiger partial charge in [-0.1, -0.05) is 0 Å². The lowest BCUT2D eigenvalue weighted by Crippen LogP contribution is -2.46. The number of hydrazine groups is 1. The van der Waals surface area contributed by atoms with Crippen molar-refractivity contribution in [2.75, 3.05) is 24.0 Å². The molecule has 1 aliphatic rings. The van der Waals surface area contributed by atoms with Gasteiger partial charge in [-0.25, -0.2) is 5.84 Å². The number of nitrogens with one attached hydrogen (secondary N) is 1. The van der Waals surface area contributed by atoms with E-state index >= 15 is 0 Å². The highest BCUT2D eigenvalue weighted by molar-refractivity contribution is 5.77. The van der Waals surface area contributed by atoms with E-state index in [1.807, 2.05) is 11.8 Å². The Morgan fingerprint density at radius 3 is 2.75 bits per heavy atom. The second-order valence-electron chi connectivity index (χ2n) is 4.77. The molecule has 2 rings (SSSR count). The summed E-state index contributed by atoms with van der Waals surface area (Å²) in [6.07, 6.45) is 1.62. The Balaban J connectivity index is 2.30. The fraction of sp³-hybridized carbons (Fsp3) is 0.636. The minimum Gasteiger partial charge on any atom is -0.467 e. The van der Waals surface area contributed by atoms with Crippen molar-refractivity contribution >= 4 is 17.8 Å². The molecule has 9 heteroatoms. The first-order chi connectivity index (χ1) is 9.55. The maximum Gasteiger partial charge on any atom is 0.322 e. The van der Waals surface area contributed by atoms with Gasteiger partial charge in [0.15, 0.2) is 0 Å². The first-order valence-electron chi connectivity index (χ1n) is 6.37. The second-order valence-corrected chi connectivity index (χ2v) is 4.77. The van der Waals surface area contributed by atoms with E-state index in [0.29, 0.717) is 12.5 Å². The van der Waals surface area contributed by atoms with Gasteiger partial charge in [0.25, 0.3) is 0 Å². The number of carbonyl (C=O) groups is 1. The van der Waals surface area contributed by atoms with Gasteiger partial charge in [-0.2, -0.15) is 15.0 Å². The number of anilines is 2. The van der Waals surface area contributed by atoms with Crippen LogP contribution < -0.4 is 26.6 Å². The number of carbonyl (C=O) groups excluding carboxylic acids is 1. The highest BCUT2D eigenvalue weighted by atomic mass is 16.5. The lowest BCUT2D eigenvalue weighted by molar-refractivity contribution is -0.122. The van der Waals surface area contributed by atoms with Crippen LogP contribution in [0.2, 0.25) is 0 Å². The first kappa shape index (κ1) is 14.3. The Morgan fingerprint density at radius 1 is 1.40 bits per heavy atom. The van der Waals surface area contributed by atoms with Gasteiger partial charge in [-0.3, -0.25) is 10.2 Å². The Bertz CT molecular complexity index is 473. The molecule has 1 amide bonds. The van der Waals surface area contributed by atoms with E-state index in [9.17, 15) is 4.79 Å². The Kier molecular flexibility index (Phi) is 4.18. The fourth-order valence-corrected chi connectivity index (χ4v) is 2.25. The van der Waals surface area contributed by atoms with E-state index in [1.54, 1.807) is 0 Å². The topological polar surface area (TPSA) is 132 Å². The van der Waals surface area contributed by atoms with Gasteiger partial charge in [0.1, 0.15) is 0 Å². The molecule has 0 bridgehead atoms. The number of nitrogen functional groups attached to an aromatic ring is 1. The van der Waals surface area contributed by atoms with Crippen LogP contribution in [0, 0.1) is 5.92 Å². The lowest BCUT2D eigenvalue weighted by atomic mass is 9.93. The lowest BCUT2D eigenvalue weighted by Gasteiger charge is -2.36. The van der Waals surface area contributed by atoms with Crippen molar-refractivity contribution in [2.45, 2.75) is 25.8 Å². The molecule has 0 aromatic carbocycles. The van der Waals surface area contributed by atoms with Crippen LogP contribution in [0.25, 0.3) is 0 Å². The number of piperidine rings is 1. The number of rotatable bonds is 4. The standard InChI is InChI=1S/C11H19N7O2/c1-6-3-4-7(8(12)19)5-18(6)10-14-9(17-13)15-11(16-10)20-2/h6-7H,3-5,13H2,1-2H3,(H2,12,19)(H,14,15,16,17). The normalized spacial score (nSPS) is 22.4. The Morgan fingerprint density at radius 2 is 2.15 bits per heavy atom. The molecule has 2 atom stereocenters. The molecular weight excluding hydrogens is 262 g/mol. The summed E-state index contributed by atoms with van der Waals surface area (Å²) in [7, 11) is 1.46. The van der Waals surface area contributed by atoms with Gasteiger partial charge >= 0.3 is 6.01 Å². The highest BCUT2D eigenvalue weighted by Gasteiger charge is 2.30. The molecule has 0 aliphatic carbocycles. The molecule has 5 N–H and O–H groups in total. The van der Waals surface area contributed by atoms with Gasteiger partial charge in [0, 0.05) is 12.6 Å². The van der Waals surface area contributed by atoms with Crippen molar-refractivity contribution in [3.8, 4) is 6.01 Å². The van der Waals surface area contributed by atoms with E-state index in [1.165, 1.54) is 7.11 Å². The quantitative estimate of drug-likeness (QED) is 0.485. The van der Waals surface area contributed by atoms with Crippen LogP contribution in [0.1, 0.15) is 19.8 Å². The average molecular weight is 281 g/mol. The van der Waals surface area contributed by atoms with E-state index in [0.717, 1.165) is 12.8 Å². The smallest absolute Gasteiger partial charge is 0.322 e. The van der Waals surface area contributed by atoms with Crippen LogP contribution in [0.3, 0.4) is 0 Å². The first-order valence-corrected chi connectivity index (χ1v) is 6.37. The number of hydrogen-bond donors (Lipinski definition) is 3. The predicted octanol–water partition coefficient (Wildman–Crippen LogP) is -0.744. The summed E-state index contributed by atoms with van der Waals surface area (Å²) in [6, 6.07) is 0.361. The molecule has 110 valence electrons. The molecule has 1 aliphatic heterocycles. The minimum atomic E-state index is -0.305. The maximum atomic E-state index is 11.4. The minimum absolute atomic E-state index is 0.163. The van der Waals surface area contributed by atoms with Gasteiger partial charge in [-0.15, -0.1) is 0 Å². The van der Waals surface area contributed by atoms with Crippen molar-refractivity contribution in [2.24, 2.45) is 17.5 Å². The average Bonchev–Trinajstić information content (AvgIpc) is 2.46. The predicted molar refractivity (Wildman–Crippen MR) is 72.9 cm³/mol. The van der Waals surface area contributed by atoms with Gasteiger partial charge < -0.3 is 15.4 Å². The van der Waals surface area contributed by atoms with Gasteiger partial charge in [-0.05, 0) is 19.8 Å². The summed E-state index contributed by atoms with van der Waals surface area (Å²) in [5.74, 6) is 5.45. The monoisotopic (exact) mass is 281 g/mol. The number of hydrogen-bond acceptors (Lipinski definition) is 8. The molecule has 0 spiro atoms. The molecule has 0 radical (unpaired) electrons. The number of aromatic nitrogens is 3. The molecule has 1 aromatic heterocycles. The van der Waals surface area contributed by atoms with Crippen LogP contribution in [0.15, 0.2) is 0 Å². The van der Waals surface area contributed by atoms with Crippen LogP contribution in [-0.2, 0) is 4.79 Å². The summed E-state index contributed by atoms with van der Waals surface area (Å²) in [5.41, 5.74) is 7.76. The molecule has 2 heterocycles. The molecule has 0 saturated carbocycles. The number of nitrogens with two attached hydrogens (primary N) is 2. The fourth-order valence-electron chi connectivity index (χ4n) is 2.25. The zero-order valence-electron chi connectivity index (χ0n) is 11.5. The van der Waals surface area contributed by atoms with Crippen molar-refractivity contribution in [1.82, 2.24) is 15.0 Å². The summed E-state index contributed by atoms with van der Waals surface area (Å²) >= 11 is 0. The number of ether oxygens (including phenoxy) is 1. The van der Waals surface area contributed by atoms with Crippen molar-refractivity contribution in [1.29, 1.82) is 0 Å². The van der Waals surface area contributed by atoms with Crippen LogP contribution in [0.4, 0.5) is 11.9 Å². The molecule has 1 aromatic rings. The molecular formula is C11H19N7O2. The second kappa shape index (κ2) is 5.87. The third kappa shape index (κ3) is 2.87. The zero-order valence-corrected chi connectivity index (χ0v) is 11.5. The van der Waals surface area contributed by atoms with Gasteiger partial charge in [0.2, 0.25) is 17.8 Å². The molecule has 1 saturated heterocycles. The summed E-state index contributed by atoms with van der Waals surface area (Å²) in [4.78, 5) is 25.6. The molecule has 1 fully saturated rings. The molecule has 20 heavy (non-hydrogen) atoms. The van der Waals surface area contributed by atoms with Gasteiger partial charge in [0.05, 0.1) is 13.0 Å². The van der Waals surface area contributed by atoms with E-state index in [2.05, 4.69) is 20.4 Å². The van der Waals surface area contributed by atoms with E-state index in [4.69, 9.17) is 16.3 Å². The van der Waals surface area contributed by atoms with Crippen LogP contribution in [0.5, 0.6) is 6.01 Å². The number of amides is 1. The van der Waals surface area contributed by atoms with Crippen molar-refractivity contribution in [3.63, 3.8) is 0 Å². The SMILES string of the molecule is COc1nc(NN)nc(N2CC(C(N)=O)CCC2C)n1. The van der Waals surface area contributed by atoms with Crippen LogP contribution >= 0.6 is 0 Å². The van der Waals surface area contributed by atoms with Crippen molar-refractivity contribution in [3.05, 3.63) is 0 Å². The highest BCUT2D eigenvalue weighted by Crippen LogP contribution is 2.26. The third-order valence-electron chi connectivity index (χ3n) is 3.46. The number of primary amides is 1. The van der Waals surface area contributed by atoms with Crippen molar-refractivity contribution < 1.29 is 9.53 Å². The number of methoxy groups -OCH3 is 1. The summed E-state index contributed by atoms with van der Waals surface area (Å²) in [5, 5.41) is 0. The summed E-state index contributed by atoms with van der Waals surface area (Å²) in [6.45, 7) is 2.52. The Hall–Kier alpha value is -2.16. The third-order valence-corrected chi connectivity index (χ3v) is 3.46. The maximum absolute atomic E-state index is 11.4. The van der Waals surface area contributed by atoms with Crippen LogP contribution in [-0.4, -0.2) is 40.6 Å². The molecule has 2 unspecified atom stereocenters. The Labute approximate surface area is 116 Å². The zero-order chi connectivity index (χ0) is 14.7. The van der Waals surface area contributed by atoms with E-state index < -0.39 is 0 Å².